The third kappa shape index (κ3) is 4.79. The number of benzene rings is 3. The van der Waals surface area contributed by atoms with Crippen LogP contribution in [-0.2, 0) is 4.79 Å². The minimum atomic E-state index is -0.137. The number of aryl methyl sites for hydroxylation is 1. The van der Waals surface area contributed by atoms with Crippen molar-refractivity contribution < 1.29 is 9.53 Å². The fourth-order valence-electron chi connectivity index (χ4n) is 3.26. The minimum absolute atomic E-state index is 0.137. The van der Waals surface area contributed by atoms with Crippen LogP contribution in [0.5, 0.6) is 5.75 Å². The topological polar surface area (TPSA) is 69.0 Å². The molecular formula is C24H21ClN4O2S. The van der Waals surface area contributed by atoms with Crippen LogP contribution in [0.1, 0.15) is 5.56 Å². The highest BCUT2D eigenvalue weighted by Crippen LogP contribution is 2.33. The Balaban J connectivity index is 1.61. The van der Waals surface area contributed by atoms with Crippen molar-refractivity contribution in [1.29, 1.82) is 0 Å². The van der Waals surface area contributed by atoms with E-state index in [-0.39, 0.29) is 11.7 Å². The number of anilines is 1. The molecule has 1 amide bonds. The summed E-state index contributed by atoms with van der Waals surface area (Å²) in [5.41, 5.74) is 3.36. The molecule has 0 fully saturated rings. The molecule has 0 saturated heterocycles. The molecule has 1 heterocycles. The summed E-state index contributed by atoms with van der Waals surface area (Å²) < 4.78 is 7.46. The van der Waals surface area contributed by atoms with Crippen LogP contribution in [-0.4, -0.2) is 33.5 Å². The van der Waals surface area contributed by atoms with Crippen LogP contribution in [0.15, 0.2) is 78.0 Å². The maximum atomic E-state index is 12.6. The van der Waals surface area contributed by atoms with E-state index in [2.05, 4.69) is 15.5 Å². The Labute approximate surface area is 195 Å². The third-order valence-electron chi connectivity index (χ3n) is 4.79. The first kappa shape index (κ1) is 21.9. The Kier molecular flexibility index (Phi) is 6.78. The Bertz CT molecular complexity index is 1240. The fourth-order valence-corrected chi connectivity index (χ4v) is 4.24. The van der Waals surface area contributed by atoms with Gasteiger partial charge in [-0.25, -0.2) is 0 Å². The van der Waals surface area contributed by atoms with Gasteiger partial charge in [0.1, 0.15) is 5.75 Å². The van der Waals surface area contributed by atoms with Crippen molar-refractivity contribution in [2.75, 3.05) is 18.2 Å². The zero-order chi connectivity index (χ0) is 22.5. The van der Waals surface area contributed by atoms with Gasteiger partial charge in [0, 0.05) is 16.4 Å². The first-order valence-electron chi connectivity index (χ1n) is 9.90. The van der Waals surface area contributed by atoms with E-state index in [4.69, 9.17) is 16.3 Å². The van der Waals surface area contributed by atoms with Gasteiger partial charge in [0.05, 0.1) is 18.4 Å². The number of halogens is 1. The number of carbonyl (C=O) groups is 1. The molecule has 0 saturated carbocycles. The number of hydrogen-bond donors (Lipinski definition) is 1. The Morgan fingerprint density at radius 2 is 1.81 bits per heavy atom. The molecular weight excluding hydrogens is 444 g/mol. The molecule has 0 spiro atoms. The second-order valence-corrected chi connectivity index (χ2v) is 8.35. The molecule has 1 aromatic heterocycles. The number of methoxy groups -OCH3 is 1. The van der Waals surface area contributed by atoms with Crippen LogP contribution in [0.2, 0.25) is 5.02 Å². The Morgan fingerprint density at radius 3 is 2.56 bits per heavy atom. The second kappa shape index (κ2) is 9.89. The van der Waals surface area contributed by atoms with Gasteiger partial charge in [0.25, 0.3) is 0 Å². The van der Waals surface area contributed by atoms with Crippen molar-refractivity contribution in [3.05, 3.63) is 83.4 Å². The zero-order valence-corrected chi connectivity index (χ0v) is 19.2. The summed E-state index contributed by atoms with van der Waals surface area (Å²) in [6.07, 6.45) is 0. The van der Waals surface area contributed by atoms with Gasteiger partial charge in [-0.3, -0.25) is 9.36 Å². The predicted octanol–water partition coefficient (Wildman–Crippen LogP) is 5.64. The highest BCUT2D eigenvalue weighted by molar-refractivity contribution is 7.99. The maximum Gasteiger partial charge on any atom is 0.234 e. The Morgan fingerprint density at radius 1 is 1.06 bits per heavy atom. The highest BCUT2D eigenvalue weighted by atomic mass is 35.5. The van der Waals surface area contributed by atoms with E-state index in [0.29, 0.717) is 21.8 Å². The molecule has 4 rings (SSSR count). The molecule has 0 bridgehead atoms. The van der Waals surface area contributed by atoms with Gasteiger partial charge in [0.15, 0.2) is 11.0 Å². The molecule has 0 radical (unpaired) electrons. The van der Waals surface area contributed by atoms with Gasteiger partial charge >= 0.3 is 0 Å². The van der Waals surface area contributed by atoms with Crippen molar-refractivity contribution >= 4 is 35.0 Å². The average Bonchev–Trinajstić information content (AvgIpc) is 3.24. The normalized spacial score (nSPS) is 10.7. The van der Waals surface area contributed by atoms with Gasteiger partial charge in [0.2, 0.25) is 5.91 Å². The Hall–Kier alpha value is -3.29. The maximum absolute atomic E-state index is 12.6. The van der Waals surface area contributed by atoms with E-state index in [9.17, 15) is 4.79 Å². The van der Waals surface area contributed by atoms with Crippen molar-refractivity contribution in [1.82, 2.24) is 14.8 Å². The molecule has 1 N–H and O–H groups in total. The lowest BCUT2D eigenvalue weighted by Crippen LogP contribution is -2.15. The van der Waals surface area contributed by atoms with Crippen LogP contribution in [0.4, 0.5) is 5.69 Å². The summed E-state index contributed by atoms with van der Waals surface area (Å²) in [5.74, 6) is 1.38. The van der Waals surface area contributed by atoms with Gasteiger partial charge in [-0.05, 0) is 55.0 Å². The number of carbonyl (C=O) groups excluding carboxylic acids is 1. The largest absolute Gasteiger partial charge is 0.496 e. The van der Waals surface area contributed by atoms with Crippen LogP contribution in [0.3, 0.4) is 0 Å². The van der Waals surface area contributed by atoms with Gasteiger partial charge in [-0.15, -0.1) is 10.2 Å². The first-order chi connectivity index (χ1) is 15.6. The predicted molar refractivity (Wildman–Crippen MR) is 129 cm³/mol. The van der Waals surface area contributed by atoms with Gasteiger partial charge < -0.3 is 10.1 Å². The molecule has 6 nitrogen and oxygen atoms in total. The summed E-state index contributed by atoms with van der Waals surface area (Å²) in [6.45, 7) is 1.90. The van der Waals surface area contributed by atoms with Gasteiger partial charge in [-0.1, -0.05) is 53.7 Å². The lowest BCUT2D eigenvalue weighted by Gasteiger charge is -2.12. The number of thioether (sulfide) groups is 1. The summed E-state index contributed by atoms with van der Waals surface area (Å²) in [4.78, 5) is 12.6. The molecule has 162 valence electrons. The summed E-state index contributed by atoms with van der Waals surface area (Å²) in [6, 6.07) is 22.8. The van der Waals surface area contributed by atoms with Crippen molar-refractivity contribution in [3.63, 3.8) is 0 Å². The van der Waals surface area contributed by atoms with E-state index in [1.165, 1.54) is 11.8 Å². The lowest BCUT2D eigenvalue weighted by molar-refractivity contribution is -0.113. The number of nitrogens with zero attached hydrogens (tertiary/aromatic N) is 3. The van der Waals surface area contributed by atoms with Crippen molar-refractivity contribution in [2.45, 2.75) is 12.1 Å². The lowest BCUT2D eigenvalue weighted by atomic mass is 10.2. The van der Waals surface area contributed by atoms with E-state index < -0.39 is 0 Å². The molecule has 0 aliphatic heterocycles. The number of nitrogens with one attached hydrogen (secondary N) is 1. The fraction of sp³-hybridized carbons (Fsp3) is 0.125. The average molecular weight is 465 g/mol. The molecule has 8 heteroatoms. The highest BCUT2D eigenvalue weighted by Gasteiger charge is 2.19. The number of aromatic nitrogens is 3. The number of para-hydroxylation sites is 2. The summed E-state index contributed by atoms with van der Waals surface area (Å²) >= 11 is 7.32. The SMILES string of the molecule is COc1ccccc1-c1nnc(SCC(=O)Nc2ccc(Cl)cc2C)n1-c1ccccc1. The van der Waals surface area contributed by atoms with Crippen LogP contribution in [0, 0.1) is 6.92 Å². The van der Waals surface area contributed by atoms with Gasteiger partial charge in [-0.2, -0.15) is 0 Å². The zero-order valence-electron chi connectivity index (χ0n) is 17.6. The summed E-state index contributed by atoms with van der Waals surface area (Å²) in [7, 11) is 1.63. The smallest absolute Gasteiger partial charge is 0.234 e. The van der Waals surface area contributed by atoms with E-state index >= 15 is 0 Å². The standard InChI is InChI=1S/C24H21ClN4O2S/c1-16-14-17(25)12-13-20(16)26-22(30)15-32-24-28-27-23(19-10-6-7-11-21(19)31-2)29(24)18-8-4-3-5-9-18/h3-14H,15H2,1-2H3,(H,26,30). The van der Waals surface area contributed by atoms with Crippen LogP contribution < -0.4 is 10.1 Å². The molecule has 0 unspecified atom stereocenters. The van der Waals surface area contributed by atoms with E-state index in [0.717, 1.165) is 22.5 Å². The summed E-state index contributed by atoms with van der Waals surface area (Å²) in [5, 5.41) is 13.0. The second-order valence-electron chi connectivity index (χ2n) is 6.97. The third-order valence-corrected chi connectivity index (χ3v) is 5.95. The van der Waals surface area contributed by atoms with Crippen molar-refractivity contribution in [2.24, 2.45) is 0 Å². The van der Waals surface area contributed by atoms with Crippen LogP contribution >= 0.6 is 23.4 Å². The molecule has 0 aliphatic rings. The number of hydrogen-bond acceptors (Lipinski definition) is 5. The monoisotopic (exact) mass is 464 g/mol. The molecule has 4 aromatic rings. The molecule has 0 aliphatic carbocycles. The molecule has 0 atom stereocenters. The quantitative estimate of drug-likeness (QED) is 0.359. The molecule has 3 aromatic carbocycles. The van der Waals surface area contributed by atoms with Crippen LogP contribution in [0.25, 0.3) is 17.1 Å². The number of rotatable bonds is 7. The number of amides is 1. The number of ether oxygens (including phenoxy) is 1. The van der Waals surface area contributed by atoms with E-state index in [1.807, 2.05) is 72.2 Å². The van der Waals surface area contributed by atoms with E-state index in [1.54, 1.807) is 19.2 Å². The molecule has 32 heavy (non-hydrogen) atoms. The van der Waals surface area contributed by atoms with Crippen molar-refractivity contribution in [3.8, 4) is 22.8 Å². The minimum Gasteiger partial charge on any atom is -0.496 e. The first-order valence-corrected chi connectivity index (χ1v) is 11.3.